The molecule has 1 saturated carbocycles. The van der Waals surface area contributed by atoms with Crippen LogP contribution < -0.4 is 4.90 Å². The fraction of sp³-hybridized carbons (Fsp3) is 0.520. The van der Waals surface area contributed by atoms with E-state index in [1.807, 2.05) is 24.4 Å². The highest BCUT2D eigenvalue weighted by molar-refractivity contribution is 7.94. The van der Waals surface area contributed by atoms with Gasteiger partial charge in [-0.15, -0.1) is 4.36 Å². The molecule has 3 aromatic rings. The van der Waals surface area contributed by atoms with Gasteiger partial charge in [-0.2, -0.15) is 0 Å². The van der Waals surface area contributed by atoms with Gasteiger partial charge in [0.05, 0.1) is 26.8 Å². The normalized spacial score (nSPS) is 19.4. The number of nitrogens with zero attached hydrogens (tertiary/aromatic N) is 5. The minimum atomic E-state index is -3.01. The molecule has 10 nitrogen and oxygen atoms in total. The summed E-state index contributed by atoms with van der Waals surface area (Å²) in [5.41, 5.74) is 1.48. The highest BCUT2D eigenvalue weighted by Crippen LogP contribution is 2.53. The minimum Gasteiger partial charge on any atom is -0.442 e. The summed E-state index contributed by atoms with van der Waals surface area (Å²) in [6.45, 7) is 8.08. The van der Waals surface area contributed by atoms with Gasteiger partial charge in [-0.25, -0.2) is 24.0 Å². The molecule has 3 aromatic heterocycles. The lowest BCUT2D eigenvalue weighted by atomic mass is 10.1. The zero-order valence-electron chi connectivity index (χ0n) is 21.1. The molecule has 36 heavy (non-hydrogen) atoms. The Morgan fingerprint density at radius 3 is 2.78 bits per heavy atom. The third kappa shape index (κ3) is 4.81. The number of carbonyl (C=O) groups is 1. The first kappa shape index (κ1) is 24.6. The topological polar surface area (TPSA) is 123 Å². The number of pyridine rings is 1. The molecular weight excluding hydrogens is 480 g/mol. The van der Waals surface area contributed by atoms with Crippen molar-refractivity contribution in [1.29, 1.82) is 0 Å². The van der Waals surface area contributed by atoms with Crippen LogP contribution in [-0.4, -0.2) is 68.4 Å². The molecule has 0 spiro atoms. The molecule has 1 N–H and O–H groups in total. The molecule has 1 saturated heterocycles. The van der Waals surface area contributed by atoms with Crippen molar-refractivity contribution in [2.24, 2.45) is 4.36 Å². The third-order valence-corrected chi connectivity index (χ3v) is 9.06. The van der Waals surface area contributed by atoms with Crippen LogP contribution in [0, 0.1) is 0 Å². The van der Waals surface area contributed by atoms with Crippen molar-refractivity contribution in [2.45, 2.75) is 50.4 Å². The molecular formula is C25H32N6O4S. The van der Waals surface area contributed by atoms with Crippen LogP contribution in [0.25, 0.3) is 22.4 Å². The molecule has 11 heteroatoms. The predicted molar refractivity (Wildman–Crippen MR) is 138 cm³/mol. The molecule has 2 aliphatic rings. The van der Waals surface area contributed by atoms with Gasteiger partial charge in [0, 0.05) is 55.4 Å². The summed E-state index contributed by atoms with van der Waals surface area (Å²) >= 11 is 0. The number of aromatic amines is 1. The number of H-pyrrole nitrogens is 1. The maximum atomic E-state index is 14.0. The second-order valence-electron chi connectivity index (χ2n) is 10.4. The lowest BCUT2D eigenvalue weighted by Crippen LogP contribution is -2.29. The van der Waals surface area contributed by atoms with Crippen LogP contribution in [0.2, 0.25) is 0 Å². The molecule has 1 atom stereocenters. The number of anilines is 1. The number of carbonyl (C=O) groups excluding carboxylic acids is 1. The summed E-state index contributed by atoms with van der Waals surface area (Å²) < 4.78 is 28.2. The number of amides is 1. The molecule has 1 aliphatic carbocycles. The van der Waals surface area contributed by atoms with E-state index in [4.69, 9.17) is 19.4 Å². The fourth-order valence-corrected chi connectivity index (χ4v) is 6.38. The van der Waals surface area contributed by atoms with Crippen molar-refractivity contribution in [3.8, 4) is 11.4 Å². The molecule has 0 bridgehead atoms. The summed E-state index contributed by atoms with van der Waals surface area (Å²) in [6.07, 6.45) is 6.38. The first-order valence-corrected chi connectivity index (χ1v) is 14.1. The number of rotatable bonds is 4. The molecule has 1 aliphatic heterocycles. The van der Waals surface area contributed by atoms with E-state index >= 15 is 0 Å². The summed E-state index contributed by atoms with van der Waals surface area (Å²) in [4.78, 5) is 32.1. The van der Waals surface area contributed by atoms with Crippen LogP contribution >= 0.6 is 0 Å². The monoisotopic (exact) mass is 512 g/mol. The van der Waals surface area contributed by atoms with Gasteiger partial charge in [0.15, 0.2) is 5.82 Å². The van der Waals surface area contributed by atoms with Gasteiger partial charge in [0.25, 0.3) is 0 Å². The van der Waals surface area contributed by atoms with E-state index in [-0.39, 0.29) is 0 Å². The maximum Gasteiger partial charge on any atom is 0.442 e. The average molecular weight is 513 g/mol. The van der Waals surface area contributed by atoms with Crippen LogP contribution in [0.5, 0.6) is 0 Å². The van der Waals surface area contributed by atoms with Gasteiger partial charge in [0.2, 0.25) is 0 Å². The lowest BCUT2D eigenvalue weighted by Gasteiger charge is -2.24. The van der Waals surface area contributed by atoms with E-state index in [9.17, 15) is 9.00 Å². The Kier molecular flexibility index (Phi) is 6.24. The van der Waals surface area contributed by atoms with Crippen molar-refractivity contribution >= 4 is 32.7 Å². The van der Waals surface area contributed by atoms with Crippen molar-refractivity contribution in [3.05, 3.63) is 36.3 Å². The molecule has 0 radical (unpaired) electrons. The van der Waals surface area contributed by atoms with E-state index in [0.717, 1.165) is 35.4 Å². The molecule has 0 aromatic carbocycles. The van der Waals surface area contributed by atoms with Gasteiger partial charge in [0.1, 0.15) is 17.1 Å². The second-order valence-corrected chi connectivity index (χ2v) is 12.9. The Bertz CT molecular complexity index is 1410. The van der Waals surface area contributed by atoms with Gasteiger partial charge in [-0.05, 0) is 52.2 Å². The minimum absolute atomic E-state index is 0.526. The van der Waals surface area contributed by atoms with E-state index in [0.29, 0.717) is 44.1 Å². The maximum absolute atomic E-state index is 14.0. The van der Waals surface area contributed by atoms with E-state index < -0.39 is 26.2 Å². The van der Waals surface area contributed by atoms with Gasteiger partial charge < -0.3 is 19.4 Å². The molecule has 1 unspecified atom stereocenters. The van der Waals surface area contributed by atoms with Gasteiger partial charge in [-0.1, -0.05) is 0 Å². The number of nitrogens with one attached hydrogen (secondary N) is 1. The summed E-state index contributed by atoms with van der Waals surface area (Å²) in [5, 5.41) is 0.903. The Labute approximate surface area is 211 Å². The van der Waals surface area contributed by atoms with E-state index in [1.165, 1.54) is 6.26 Å². The Hall–Kier alpha value is -3.05. The Morgan fingerprint density at radius 1 is 1.22 bits per heavy atom. The SMILES string of the molecule is CC(C)(C)OC(=O)N=S(C)(=O)C1(c2cc(N3CCCOCC3)nc(-c3ccnc4[nH]ccc34)n2)CC1. The number of fused-ring (bicyclic) bond motifs is 1. The molecule has 1 amide bonds. The number of ether oxygens (including phenoxy) is 2. The summed E-state index contributed by atoms with van der Waals surface area (Å²) in [7, 11) is -3.01. The predicted octanol–water partition coefficient (Wildman–Crippen LogP) is 4.27. The van der Waals surface area contributed by atoms with E-state index in [2.05, 4.69) is 19.2 Å². The third-order valence-electron chi connectivity index (χ3n) is 6.50. The first-order valence-electron chi connectivity index (χ1n) is 12.2. The fourth-order valence-electron chi connectivity index (χ4n) is 4.53. The van der Waals surface area contributed by atoms with Gasteiger partial charge in [-0.3, -0.25) is 0 Å². The number of hydrogen-bond acceptors (Lipinski definition) is 8. The van der Waals surface area contributed by atoms with Gasteiger partial charge >= 0.3 is 6.09 Å². The zero-order valence-corrected chi connectivity index (χ0v) is 21.9. The van der Waals surface area contributed by atoms with E-state index in [1.54, 1.807) is 27.0 Å². The van der Waals surface area contributed by atoms with Crippen molar-refractivity contribution in [3.63, 3.8) is 0 Å². The van der Waals surface area contributed by atoms with Crippen molar-refractivity contribution in [1.82, 2.24) is 19.9 Å². The molecule has 2 fully saturated rings. The summed E-state index contributed by atoms with van der Waals surface area (Å²) in [5.74, 6) is 1.28. The lowest BCUT2D eigenvalue weighted by molar-refractivity contribution is 0.0607. The molecule has 192 valence electrons. The van der Waals surface area contributed by atoms with Crippen LogP contribution in [0.3, 0.4) is 0 Å². The highest BCUT2D eigenvalue weighted by atomic mass is 32.2. The quantitative estimate of drug-likeness (QED) is 0.550. The first-order chi connectivity index (χ1) is 17.1. The smallest absolute Gasteiger partial charge is 0.442 e. The average Bonchev–Trinajstić information content (AvgIpc) is 3.56. The van der Waals surface area contributed by atoms with Crippen molar-refractivity contribution in [2.75, 3.05) is 37.5 Å². The van der Waals surface area contributed by atoms with Crippen LogP contribution in [0.15, 0.2) is 35.0 Å². The number of aromatic nitrogens is 4. The van der Waals surface area contributed by atoms with Crippen molar-refractivity contribution < 1.29 is 18.5 Å². The Morgan fingerprint density at radius 2 is 2.03 bits per heavy atom. The standard InChI is InChI=1S/C25H32N6O4S/c1-24(2,3)35-23(32)30-36(4,33)25(8-9-25)19-16-20(31-12-5-14-34-15-13-31)29-22(28-19)18-7-11-27-21-17(18)6-10-26-21/h6-7,10-11,16H,5,8-9,12-15H2,1-4H3,(H,26,27). The molecule has 5 rings (SSSR count). The van der Waals surface area contributed by atoms with Crippen LogP contribution in [0.1, 0.15) is 45.7 Å². The summed E-state index contributed by atoms with van der Waals surface area (Å²) in [6, 6.07) is 5.74. The molecule has 4 heterocycles. The highest BCUT2D eigenvalue weighted by Gasteiger charge is 2.54. The number of hydrogen-bond donors (Lipinski definition) is 1. The second kappa shape index (κ2) is 9.11. The van der Waals surface area contributed by atoms with Crippen LogP contribution in [0.4, 0.5) is 10.6 Å². The zero-order chi connectivity index (χ0) is 25.6. The largest absolute Gasteiger partial charge is 0.442 e. The Balaban J connectivity index is 1.63. The van der Waals surface area contributed by atoms with Crippen LogP contribution in [-0.2, 0) is 23.9 Å².